The number of ether oxygens (including phenoxy) is 1. The third-order valence-corrected chi connectivity index (χ3v) is 3.13. The third kappa shape index (κ3) is 3.43. The highest BCUT2D eigenvalue weighted by Crippen LogP contribution is 2.50. The first kappa shape index (κ1) is 12.4. The molecule has 0 amide bonds. The van der Waals surface area contributed by atoms with E-state index in [2.05, 4.69) is 5.10 Å². The molecule has 0 unspecified atom stereocenters. The van der Waals surface area contributed by atoms with Crippen molar-refractivity contribution in [1.29, 1.82) is 0 Å². The lowest BCUT2D eigenvalue weighted by atomic mass is 10.0. The average Bonchev–Trinajstić information content (AvgIpc) is 2.77. The standard InChI is InChI=1S/C12H19N3OS/c1-9(2)16-10-6-14-15(7-10)8-12(3-4-12)5-11(13)17/h6-7,9H,3-5,8H2,1-2H3,(H2,13,17). The summed E-state index contributed by atoms with van der Waals surface area (Å²) >= 11 is 4.99. The highest BCUT2D eigenvalue weighted by molar-refractivity contribution is 7.80. The number of rotatable bonds is 6. The third-order valence-electron chi connectivity index (χ3n) is 2.99. The van der Waals surface area contributed by atoms with Crippen LogP contribution in [0.1, 0.15) is 33.1 Å². The van der Waals surface area contributed by atoms with Crippen molar-refractivity contribution in [2.75, 3.05) is 0 Å². The first-order chi connectivity index (χ1) is 7.99. The van der Waals surface area contributed by atoms with Gasteiger partial charge in [-0.15, -0.1) is 0 Å². The van der Waals surface area contributed by atoms with Gasteiger partial charge in [0, 0.05) is 13.0 Å². The predicted octanol–water partition coefficient (Wildman–Crippen LogP) is 2.13. The van der Waals surface area contributed by atoms with E-state index in [1.54, 1.807) is 6.20 Å². The minimum absolute atomic E-state index is 0.180. The quantitative estimate of drug-likeness (QED) is 0.789. The van der Waals surface area contributed by atoms with E-state index in [9.17, 15) is 0 Å². The number of hydrogen-bond acceptors (Lipinski definition) is 3. The van der Waals surface area contributed by atoms with Gasteiger partial charge in [-0.3, -0.25) is 4.68 Å². The van der Waals surface area contributed by atoms with Crippen LogP contribution in [0, 0.1) is 5.41 Å². The van der Waals surface area contributed by atoms with E-state index in [4.69, 9.17) is 22.7 Å². The molecule has 0 atom stereocenters. The Kier molecular flexibility index (Phi) is 3.38. The summed E-state index contributed by atoms with van der Waals surface area (Å²) < 4.78 is 7.51. The maximum absolute atomic E-state index is 5.62. The number of aromatic nitrogens is 2. The molecule has 1 aromatic heterocycles. The fraction of sp³-hybridized carbons (Fsp3) is 0.667. The number of thiocarbonyl (C=S) groups is 1. The second-order valence-electron chi connectivity index (χ2n) is 5.18. The zero-order chi connectivity index (χ0) is 12.5. The molecule has 1 aliphatic rings. The highest BCUT2D eigenvalue weighted by atomic mass is 32.1. The smallest absolute Gasteiger partial charge is 0.157 e. The van der Waals surface area contributed by atoms with E-state index in [1.165, 1.54) is 12.8 Å². The molecule has 0 spiro atoms. The van der Waals surface area contributed by atoms with Crippen molar-refractivity contribution in [2.45, 2.75) is 45.8 Å². The highest BCUT2D eigenvalue weighted by Gasteiger charge is 2.43. The summed E-state index contributed by atoms with van der Waals surface area (Å²) in [4.78, 5) is 0.605. The molecule has 2 N–H and O–H groups in total. The summed E-state index contributed by atoms with van der Waals surface area (Å²) in [6.45, 7) is 4.89. The van der Waals surface area contributed by atoms with Gasteiger partial charge in [0.1, 0.15) is 0 Å². The first-order valence-corrected chi connectivity index (χ1v) is 6.37. The average molecular weight is 253 g/mol. The predicted molar refractivity (Wildman–Crippen MR) is 71.1 cm³/mol. The summed E-state index contributed by atoms with van der Waals surface area (Å²) in [5.41, 5.74) is 5.88. The van der Waals surface area contributed by atoms with Gasteiger partial charge in [0.25, 0.3) is 0 Å². The molecule has 0 radical (unpaired) electrons. The Balaban J connectivity index is 1.95. The number of nitrogens with zero attached hydrogens (tertiary/aromatic N) is 2. The molecule has 5 heteroatoms. The maximum atomic E-state index is 5.62. The molecule has 0 aromatic carbocycles. The zero-order valence-corrected chi connectivity index (χ0v) is 11.2. The van der Waals surface area contributed by atoms with Crippen LogP contribution in [0.3, 0.4) is 0 Å². The summed E-state index contributed by atoms with van der Waals surface area (Å²) in [6, 6.07) is 0. The zero-order valence-electron chi connectivity index (χ0n) is 10.3. The van der Waals surface area contributed by atoms with Gasteiger partial charge in [-0.25, -0.2) is 0 Å². The van der Waals surface area contributed by atoms with Crippen molar-refractivity contribution in [3.05, 3.63) is 12.4 Å². The fourth-order valence-electron chi connectivity index (χ4n) is 2.04. The molecule has 17 heavy (non-hydrogen) atoms. The van der Waals surface area contributed by atoms with Crippen molar-refractivity contribution < 1.29 is 4.74 Å². The largest absolute Gasteiger partial charge is 0.488 e. The lowest BCUT2D eigenvalue weighted by Gasteiger charge is -2.13. The molecular formula is C12H19N3OS. The van der Waals surface area contributed by atoms with E-state index in [-0.39, 0.29) is 11.5 Å². The molecule has 0 saturated heterocycles. The van der Waals surface area contributed by atoms with Gasteiger partial charge in [0.05, 0.1) is 23.5 Å². The van der Waals surface area contributed by atoms with Gasteiger partial charge in [-0.2, -0.15) is 5.10 Å². The van der Waals surface area contributed by atoms with Gasteiger partial charge in [-0.05, 0) is 32.1 Å². The SMILES string of the molecule is CC(C)Oc1cnn(CC2(CC(N)=S)CC2)c1. The second-order valence-corrected chi connectivity index (χ2v) is 5.71. The van der Waals surface area contributed by atoms with Crippen LogP contribution in [-0.2, 0) is 6.54 Å². The topological polar surface area (TPSA) is 53.1 Å². The molecule has 1 fully saturated rings. The summed E-state index contributed by atoms with van der Waals surface area (Å²) in [7, 11) is 0. The Hall–Kier alpha value is -1.10. The van der Waals surface area contributed by atoms with Gasteiger partial charge in [0.2, 0.25) is 0 Å². The second kappa shape index (κ2) is 4.64. The molecule has 0 aliphatic heterocycles. The van der Waals surface area contributed by atoms with Gasteiger partial charge in [-0.1, -0.05) is 12.2 Å². The van der Waals surface area contributed by atoms with E-state index >= 15 is 0 Å². The van der Waals surface area contributed by atoms with Crippen molar-refractivity contribution in [3.63, 3.8) is 0 Å². The minimum atomic E-state index is 0.180. The molecule has 1 saturated carbocycles. The summed E-state index contributed by atoms with van der Waals surface area (Å²) in [5, 5.41) is 4.31. The number of hydrogen-bond donors (Lipinski definition) is 1. The first-order valence-electron chi connectivity index (χ1n) is 5.97. The van der Waals surface area contributed by atoms with Crippen LogP contribution >= 0.6 is 12.2 Å². The van der Waals surface area contributed by atoms with Crippen LogP contribution in [0.5, 0.6) is 5.75 Å². The van der Waals surface area contributed by atoms with E-state index in [1.807, 2.05) is 24.7 Å². The van der Waals surface area contributed by atoms with Crippen LogP contribution in [0.2, 0.25) is 0 Å². The molecule has 2 rings (SSSR count). The maximum Gasteiger partial charge on any atom is 0.157 e. The Bertz CT molecular complexity index is 410. The molecule has 94 valence electrons. The van der Waals surface area contributed by atoms with Crippen LogP contribution in [0.4, 0.5) is 0 Å². The van der Waals surface area contributed by atoms with Crippen molar-refractivity contribution in [2.24, 2.45) is 11.1 Å². The lowest BCUT2D eigenvalue weighted by Crippen LogP contribution is -2.20. The van der Waals surface area contributed by atoms with Crippen molar-refractivity contribution in [3.8, 4) is 5.75 Å². The van der Waals surface area contributed by atoms with Crippen LogP contribution in [0.15, 0.2) is 12.4 Å². The Morgan fingerprint density at radius 3 is 2.88 bits per heavy atom. The van der Waals surface area contributed by atoms with Crippen LogP contribution in [0.25, 0.3) is 0 Å². The van der Waals surface area contributed by atoms with Crippen molar-refractivity contribution in [1.82, 2.24) is 9.78 Å². The molecule has 0 bridgehead atoms. The van der Waals surface area contributed by atoms with Gasteiger partial charge >= 0.3 is 0 Å². The Morgan fingerprint density at radius 1 is 1.65 bits per heavy atom. The molecular weight excluding hydrogens is 234 g/mol. The summed E-state index contributed by atoms with van der Waals surface area (Å²) in [5.74, 6) is 0.825. The van der Waals surface area contributed by atoms with Gasteiger partial charge < -0.3 is 10.5 Å². The van der Waals surface area contributed by atoms with Crippen molar-refractivity contribution >= 4 is 17.2 Å². The minimum Gasteiger partial charge on any atom is -0.488 e. The van der Waals surface area contributed by atoms with E-state index in [0.717, 1.165) is 18.7 Å². The van der Waals surface area contributed by atoms with Gasteiger partial charge in [0.15, 0.2) is 5.75 Å². The Labute approximate surface area is 107 Å². The monoisotopic (exact) mass is 253 g/mol. The van der Waals surface area contributed by atoms with Crippen LogP contribution < -0.4 is 10.5 Å². The lowest BCUT2D eigenvalue weighted by molar-refractivity contribution is 0.242. The molecule has 1 aromatic rings. The summed E-state index contributed by atoms with van der Waals surface area (Å²) in [6.07, 6.45) is 7.08. The van der Waals surface area contributed by atoms with Crippen LogP contribution in [-0.4, -0.2) is 20.9 Å². The number of nitrogens with two attached hydrogens (primary N) is 1. The van der Waals surface area contributed by atoms with E-state index in [0.29, 0.717) is 4.99 Å². The fourth-order valence-corrected chi connectivity index (χ4v) is 2.35. The normalized spacial score (nSPS) is 17.1. The molecule has 1 aliphatic carbocycles. The molecule has 1 heterocycles. The Morgan fingerprint density at radius 2 is 2.35 bits per heavy atom. The van der Waals surface area contributed by atoms with E-state index < -0.39 is 0 Å². The molecule has 4 nitrogen and oxygen atoms in total.